The SMILES string of the molecule is CC(=O)NC(=S)Nc1ccc(Oc2ccccc2)cc1. The highest BCUT2D eigenvalue weighted by atomic mass is 32.1. The smallest absolute Gasteiger partial charge is 0.222 e. The lowest BCUT2D eigenvalue weighted by Gasteiger charge is -2.09. The minimum atomic E-state index is -0.202. The van der Waals surface area contributed by atoms with Crippen molar-refractivity contribution in [2.24, 2.45) is 0 Å². The fourth-order valence-corrected chi connectivity index (χ4v) is 1.81. The van der Waals surface area contributed by atoms with E-state index in [1.807, 2.05) is 54.6 Å². The van der Waals surface area contributed by atoms with Gasteiger partial charge in [0, 0.05) is 12.6 Å². The maximum absolute atomic E-state index is 10.8. The molecule has 0 aliphatic heterocycles. The first kappa shape index (κ1) is 14.0. The fraction of sp³-hybridized carbons (Fsp3) is 0.0667. The van der Waals surface area contributed by atoms with E-state index >= 15 is 0 Å². The van der Waals surface area contributed by atoms with Crippen molar-refractivity contribution in [3.05, 3.63) is 54.6 Å². The number of rotatable bonds is 3. The zero-order valence-electron chi connectivity index (χ0n) is 10.9. The average molecular weight is 286 g/mol. The van der Waals surface area contributed by atoms with Gasteiger partial charge in [0.05, 0.1) is 0 Å². The van der Waals surface area contributed by atoms with E-state index in [-0.39, 0.29) is 11.0 Å². The first-order valence-corrected chi connectivity index (χ1v) is 6.46. The lowest BCUT2D eigenvalue weighted by Crippen LogP contribution is -2.32. The predicted molar refractivity (Wildman–Crippen MR) is 83.0 cm³/mol. The molecule has 0 bridgehead atoms. The van der Waals surface area contributed by atoms with E-state index in [0.29, 0.717) is 0 Å². The van der Waals surface area contributed by atoms with Crippen molar-refractivity contribution >= 4 is 28.9 Å². The van der Waals surface area contributed by atoms with Crippen molar-refractivity contribution in [1.82, 2.24) is 5.32 Å². The maximum atomic E-state index is 10.8. The highest BCUT2D eigenvalue weighted by Crippen LogP contribution is 2.22. The molecule has 20 heavy (non-hydrogen) atoms. The number of benzene rings is 2. The van der Waals surface area contributed by atoms with Crippen LogP contribution >= 0.6 is 12.2 Å². The van der Waals surface area contributed by atoms with E-state index in [2.05, 4.69) is 10.6 Å². The number of carbonyl (C=O) groups is 1. The summed E-state index contributed by atoms with van der Waals surface area (Å²) in [5.74, 6) is 1.31. The number of para-hydroxylation sites is 1. The monoisotopic (exact) mass is 286 g/mol. The fourth-order valence-electron chi connectivity index (χ4n) is 1.55. The number of ether oxygens (including phenoxy) is 1. The van der Waals surface area contributed by atoms with Gasteiger partial charge in [0.15, 0.2) is 5.11 Å². The highest BCUT2D eigenvalue weighted by molar-refractivity contribution is 7.80. The van der Waals surface area contributed by atoms with Gasteiger partial charge in [-0.25, -0.2) is 0 Å². The van der Waals surface area contributed by atoms with Crippen LogP contribution in [0.3, 0.4) is 0 Å². The van der Waals surface area contributed by atoms with Crippen LogP contribution in [0, 0.1) is 0 Å². The van der Waals surface area contributed by atoms with Crippen LogP contribution in [-0.4, -0.2) is 11.0 Å². The van der Waals surface area contributed by atoms with E-state index in [0.717, 1.165) is 17.2 Å². The van der Waals surface area contributed by atoms with E-state index in [1.54, 1.807) is 0 Å². The van der Waals surface area contributed by atoms with E-state index < -0.39 is 0 Å². The predicted octanol–water partition coefficient (Wildman–Crippen LogP) is 3.31. The Hall–Kier alpha value is -2.40. The summed E-state index contributed by atoms with van der Waals surface area (Å²) >= 11 is 4.98. The van der Waals surface area contributed by atoms with Gasteiger partial charge in [-0.3, -0.25) is 4.79 Å². The first-order chi connectivity index (χ1) is 9.63. The number of anilines is 1. The van der Waals surface area contributed by atoms with Crippen LogP contribution in [0.1, 0.15) is 6.92 Å². The van der Waals surface area contributed by atoms with Gasteiger partial charge in [-0.05, 0) is 48.6 Å². The normalized spacial score (nSPS) is 9.65. The third-order valence-electron chi connectivity index (χ3n) is 2.38. The van der Waals surface area contributed by atoms with Crippen molar-refractivity contribution in [2.45, 2.75) is 6.92 Å². The van der Waals surface area contributed by atoms with E-state index in [4.69, 9.17) is 17.0 Å². The summed E-state index contributed by atoms with van der Waals surface area (Å²) in [6.45, 7) is 1.41. The molecule has 0 aliphatic carbocycles. The molecule has 2 N–H and O–H groups in total. The molecular formula is C15H14N2O2S. The topological polar surface area (TPSA) is 50.4 Å². The van der Waals surface area contributed by atoms with Crippen LogP contribution in [0.5, 0.6) is 11.5 Å². The Morgan fingerprint density at radius 2 is 1.60 bits per heavy atom. The number of hydrogen-bond donors (Lipinski definition) is 2. The second kappa shape index (κ2) is 6.68. The summed E-state index contributed by atoms with van der Waals surface area (Å²) < 4.78 is 5.67. The highest BCUT2D eigenvalue weighted by Gasteiger charge is 2.01. The molecule has 0 spiro atoms. The van der Waals surface area contributed by atoms with Gasteiger partial charge >= 0.3 is 0 Å². The number of nitrogens with one attached hydrogen (secondary N) is 2. The summed E-state index contributed by atoms with van der Waals surface area (Å²) in [7, 11) is 0. The van der Waals surface area contributed by atoms with Crippen LogP contribution in [0.4, 0.5) is 5.69 Å². The molecule has 1 amide bonds. The largest absolute Gasteiger partial charge is 0.457 e. The average Bonchev–Trinajstić information content (AvgIpc) is 2.41. The summed E-state index contributed by atoms with van der Waals surface area (Å²) in [6, 6.07) is 16.8. The lowest BCUT2D eigenvalue weighted by atomic mass is 10.3. The molecule has 0 fully saturated rings. The van der Waals surface area contributed by atoms with E-state index in [1.165, 1.54) is 6.92 Å². The Labute approximate surface area is 122 Å². The Kier molecular flexibility index (Phi) is 4.68. The molecule has 5 heteroatoms. The standard InChI is InChI=1S/C15H14N2O2S/c1-11(18)16-15(20)17-12-7-9-14(10-8-12)19-13-5-3-2-4-6-13/h2-10H,1H3,(H2,16,17,18,20). The molecular weight excluding hydrogens is 272 g/mol. The van der Waals surface area contributed by atoms with Crippen LogP contribution in [-0.2, 0) is 4.79 Å². The van der Waals surface area contributed by atoms with Gasteiger partial charge in [0.1, 0.15) is 11.5 Å². The zero-order valence-corrected chi connectivity index (χ0v) is 11.7. The number of amides is 1. The molecule has 0 saturated carbocycles. The van der Waals surface area contributed by atoms with Crippen LogP contribution in [0.25, 0.3) is 0 Å². The summed E-state index contributed by atoms with van der Waals surface area (Å²) in [5, 5.41) is 5.68. The van der Waals surface area contributed by atoms with Crippen molar-refractivity contribution in [2.75, 3.05) is 5.32 Å². The molecule has 0 atom stereocenters. The van der Waals surface area contributed by atoms with Crippen molar-refractivity contribution < 1.29 is 9.53 Å². The first-order valence-electron chi connectivity index (χ1n) is 6.05. The van der Waals surface area contributed by atoms with Gasteiger partial charge in [-0.15, -0.1) is 0 Å². The molecule has 4 nitrogen and oxygen atoms in total. The van der Waals surface area contributed by atoms with Gasteiger partial charge in [0.25, 0.3) is 0 Å². The molecule has 2 aromatic rings. The van der Waals surface area contributed by atoms with Crippen molar-refractivity contribution in [1.29, 1.82) is 0 Å². The zero-order chi connectivity index (χ0) is 14.4. The summed E-state index contributed by atoms with van der Waals surface area (Å²) in [4.78, 5) is 10.8. The summed E-state index contributed by atoms with van der Waals surface area (Å²) in [6.07, 6.45) is 0. The third-order valence-corrected chi connectivity index (χ3v) is 2.58. The van der Waals surface area contributed by atoms with Crippen LogP contribution in [0.15, 0.2) is 54.6 Å². The molecule has 2 aromatic carbocycles. The van der Waals surface area contributed by atoms with E-state index in [9.17, 15) is 4.79 Å². The molecule has 0 radical (unpaired) electrons. The molecule has 0 saturated heterocycles. The van der Waals surface area contributed by atoms with Crippen LogP contribution < -0.4 is 15.4 Å². The number of thiocarbonyl (C=S) groups is 1. The Morgan fingerprint density at radius 3 is 2.20 bits per heavy atom. The quantitative estimate of drug-likeness (QED) is 0.850. The molecule has 102 valence electrons. The number of carbonyl (C=O) groups excluding carboxylic acids is 1. The Bertz CT molecular complexity index is 597. The summed E-state index contributed by atoms with van der Waals surface area (Å²) in [5.41, 5.74) is 0.782. The second-order valence-corrected chi connectivity index (χ2v) is 4.48. The van der Waals surface area contributed by atoms with Crippen molar-refractivity contribution in [3.63, 3.8) is 0 Å². The minimum Gasteiger partial charge on any atom is -0.457 e. The molecule has 0 unspecified atom stereocenters. The Balaban J connectivity index is 1.96. The minimum absolute atomic E-state index is 0.202. The number of hydrogen-bond acceptors (Lipinski definition) is 3. The van der Waals surface area contributed by atoms with Gasteiger partial charge < -0.3 is 15.4 Å². The molecule has 0 aliphatic rings. The Morgan fingerprint density at radius 1 is 1.00 bits per heavy atom. The van der Waals surface area contributed by atoms with Gasteiger partial charge in [-0.1, -0.05) is 18.2 Å². The van der Waals surface area contributed by atoms with Gasteiger partial charge in [0.2, 0.25) is 5.91 Å². The van der Waals surface area contributed by atoms with Crippen molar-refractivity contribution in [3.8, 4) is 11.5 Å². The second-order valence-electron chi connectivity index (χ2n) is 4.07. The maximum Gasteiger partial charge on any atom is 0.222 e. The molecule has 2 rings (SSSR count). The lowest BCUT2D eigenvalue weighted by molar-refractivity contribution is -0.117. The third kappa shape index (κ3) is 4.37. The van der Waals surface area contributed by atoms with Crippen LogP contribution in [0.2, 0.25) is 0 Å². The molecule has 0 aromatic heterocycles. The van der Waals surface area contributed by atoms with Gasteiger partial charge in [-0.2, -0.15) is 0 Å². The molecule has 0 heterocycles.